The van der Waals surface area contributed by atoms with Crippen molar-refractivity contribution in [2.75, 3.05) is 14.2 Å². The summed E-state index contributed by atoms with van der Waals surface area (Å²) in [4.78, 5) is 4.51. The third kappa shape index (κ3) is 2.77. The second-order valence-electron chi connectivity index (χ2n) is 3.50. The van der Waals surface area contributed by atoms with Crippen molar-refractivity contribution < 1.29 is 4.74 Å². The highest BCUT2D eigenvalue weighted by Crippen LogP contribution is 2.32. The van der Waals surface area contributed by atoms with Crippen molar-refractivity contribution in [2.24, 2.45) is 0 Å². The zero-order chi connectivity index (χ0) is 12.3. The normalized spacial score (nSPS) is 10.5. The van der Waals surface area contributed by atoms with Gasteiger partial charge in [-0.2, -0.15) is 0 Å². The minimum absolute atomic E-state index is 0.686. The number of nitrogens with zero attached hydrogens (tertiary/aromatic N) is 1. The number of nitrogens with one attached hydrogen (secondary N) is 1. The molecule has 0 fully saturated rings. The molecule has 0 saturated carbocycles. The maximum Gasteiger partial charge on any atom is 0.125 e. The molecule has 1 aromatic heterocycles. The van der Waals surface area contributed by atoms with Gasteiger partial charge in [-0.05, 0) is 31.3 Å². The number of halogens is 1. The molecule has 0 aliphatic heterocycles. The zero-order valence-electron chi connectivity index (χ0n) is 9.66. The van der Waals surface area contributed by atoms with E-state index in [-0.39, 0.29) is 0 Å². The van der Waals surface area contributed by atoms with Crippen LogP contribution in [0.1, 0.15) is 5.69 Å². The molecule has 1 aromatic carbocycles. The number of aromatic nitrogens is 1. The van der Waals surface area contributed by atoms with Crippen molar-refractivity contribution in [3.8, 4) is 16.3 Å². The zero-order valence-corrected chi connectivity index (χ0v) is 11.2. The molecule has 0 saturated heterocycles. The average molecular weight is 269 g/mol. The van der Waals surface area contributed by atoms with Crippen LogP contribution in [0.5, 0.6) is 5.75 Å². The second kappa shape index (κ2) is 5.49. The Hall–Kier alpha value is -1.10. The molecule has 0 amide bonds. The quantitative estimate of drug-likeness (QED) is 0.925. The summed E-state index contributed by atoms with van der Waals surface area (Å²) in [5.74, 6) is 0.840. The summed E-state index contributed by atoms with van der Waals surface area (Å²) in [5.41, 5.74) is 1.95. The minimum Gasteiger partial charge on any atom is -0.497 e. The van der Waals surface area contributed by atoms with Crippen LogP contribution in [0.4, 0.5) is 0 Å². The van der Waals surface area contributed by atoms with E-state index < -0.39 is 0 Å². The summed E-state index contributed by atoms with van der Waals surface area (Å²) in [6, 6.07) is 7.80. The molecule has 90 valence electrons. The summed E-state index contributed by atoms with van der Waals surface area (Å²) in [6.45, 7) is 0.686. The van der Waals surface area contributed by atoms with Crippen molar-refractivity contribution in [1.29, 1.82) is 0 Å². The fraction of sp³-hybridized carbons (Fsp3) is 0.250. The van der Waals surface area contributed by atoms with Crippen molar-refractivity contribution in [3.63, 3.8) is 0 Å². The van der Waals surface area contributed by atoms with Crippen LogP contribution in [0, 0.1) is 0 Å². The van der Waals surface area contributed by atoms with Crippen LogP contribution in [-0.2, 0) is 6.54 Å². The number of benzene rings is 1. The van der Waals surface area contributed by atoms with E-state index in [4.69, 9.17) is 16.3 Å². The lowest BCUT2D eigenvalue weighted by Gasteiger charge is -2.00. The van der Waals surface area contributed by atoms with Crippen LogP contribution in [0.3, 0.4) is 0 Å². The highest BCUT2D eigenvalue weighted by atomic mass is 35.5. The molecule has 3 nitrogen and oxygen atoms in total. The van der Waals surface area contributed by atoms with E-state index in [0.717, 1.165) is 26.4 Å². The van der Waals surface area contributed by atoms with Crippen molar-refractivity contribution in [3.05, 3.63) is 34.3 Å². The van der Waals surface area contributed by atoms with Gasteiger partial charge >= 0.3 is 0 Å². The highest BCUT2D eigenvalue weighted by Gasteiger charge is 2.10. The molecule has 17 heavy (non-hydrogen) atoms. The topological polar surface area (TPSA) is 34.2 Å². The predicted octanol–water partition coefficient (Wildman–Crippen LogP) is 3.19. The van der Waals surface area contributed by atoms with Gasteiger partial charge in [-0.1, -0.05) is 11.6 Å². The molecule has 0 radical (unpaired) electrons. The first kappa shape index (κ1) is 12.4. The SMILES string of the molecule is CNCc1nc(-c2ccc(OC)cc2)sc1Cl. The van der Waals surface area contributed by atoms with Crippen LogP contribution in [0.2, 0.25) is 4.34 Å². The van der Waals surface area contributed by atoms with E-state index in [2.05, 4.69) is 10.3 Å². The molecule has 1 heterocycles. The molecular weight excluding hydrogens is 256 g/mol. The Bertz CT molecular complexity index is 496. The molecule has 0 aliphatic rings. The van der Waals surface area contributed by atoms with Gasteiger partial charge < -0.3 is 10.1 Å². The lowest BCUT2D eigenvalue weighted by molar-refractivity contribution is 0.415. The lowest BCUT2D eigenvalue weighted by Crippen LogP contribution is -2.05. The Morgan fingerprint density at radius 3 is 2.65 bits per heavy atom. The molecule has 2 rings (SSSR count). The molecule has 1 N–H and O–H groups in total. The summed E-state index contributed by atoms with van der Waals surface area (Å²) in [5, 5.41) is 3.98. The van der Waals surface area contributed by atoms with Gasteiger partial charge in [0.25, 0.3) is 0 Å². The monoisotopic (exact) mass is 268 g/mol. The van der Waals surface area contributed by atoms with Crippen molar-refractivity contribution >= 4 is 22.9 Å². The van der Waals surface area contributed by atoms with Gasteiger partial charge in [-0.25, -0.2) is 4.98 Å². The maximum absolute atomic E-state index is 6.12. The Balaban J connectivity index is 2.29. The van der Waals surface area contributed by atoms with E-state index in [1.54, 1.807) is 7.11 Å². The lowest BCUT2D eigenvalue weighted by atomic mass is 10.2. The van der Waals surface area contributed by atoms with E-state index in [1.165, 1.54) is 11.3 Å². The predicted molar refractivity (Wildman–Crippen MR) is 71.9 cm³/mol. The number of rotatable bonds is 4. The van der Waals surface area contributed by atoms with Crippen LogP contribution < -0.4 is 10.1 Å². The number of hydrogen-bond donors (Lipinski definition) is 1. The third-order valence-electron chi connectivity index (χ3n) is 2.33. The molecule has 2 aromatic rings. The first-order chi connectivity index (χ1) is 8.24. The van der Waals surface area contributed by atoms with Gasteiger partial charge in [0.1, 0.15) is 15.1 Å². The van der Waals surface area contributed by atoms with E-state index in [0.29, 0.717) is 6.54 Å². The van der Waals surface area contributed by atoms with Gasteiger partial charge in [0.05, 0.1) is 12.8 Å². The molecule has 0 atom stereocenters. The summed E-state index contributed by atoms with van der Waals surface area (Å²) < 4.78 is 5.86. The van der Waals surface area contributed by atoms with Crippen molar-refractivity contribution in [2.45, 2.75) is 6.54 Å². The largest absolute Gasteiger partial charge is 0.497 e. The number of thiazole rings is 1. The molecule has 5 heteroatoms. The van der Waals surface area contributed by atoms with Crippen LogP contribution in [0.25, 0.3) is 10.6 Å². The Morgan fingerprint density at radius 1 is 1.35 bits per heavy atom. The second-order valence-corrected chi connectivity index (χ2v) is 5.10. The van der Waals surface area contributed by atoms with Gasteiger partial charge in [0.2, 0.25) is 0 Å². The van der Waals surface area contributed by atoms with Gasteiger partial charge in [0.15, 0.2) is 0 Å². The Morgan fingerprint density at radius 2 is 2.06 bits per heavy atom. The van der Waals surface area contributed by atoms with E-state index in [9.17, 15) is 0 Å². The fourth-order valence-electron chi connectivity index (χ4n) is 1.47. The summed E-state index contributed by atoms with van der Waals surface area (Å²) in [7, 11) is 3.53. The van der Waals surface area contributed by atoms with Gasteiger partial charge in [-0.15, -0.1) is 11.3 Å². The van der Waals surface area contributed by atoms with E-state index >= 15 is 0 Å². The standard InChI is InChI=1S/C12H13ClN2OS/c1-14-7-10-11(13)17-12(15-10)8-3-5-9(16-2)6-4-8/h3-6,14H,7H2,1-2H3. The van der Waals surface area contributed by atoms with Crippen LogP contribution in [0.15, 0.2) is 24.3 Å². The Labute approximate surface area is 109 Å². The first-order valence-corrected chi connectivity index (χ1v) is 6.38. The third-order valence-corrected chi connectivity index (χ3v) is 3.72. The molecule has 0 spiro atoms. The Kier molecular flexibility index (Phi) is 3.99. The van der Waals surface area contributed by atoms with Gasteiger partial charge in [0, 0.05) is 12.1 Å². The van der Waals surface area contributed by atoms with Crippen LogP contribution in [-0.4, -0.2) is 19.1 Å². The minimum atomic E-state index is 0.686. The number of hydrogen-bond acceptors (Lipinski definition) is 4. The van der Waals surface area contributed by atoms with Crippen LogP contribution >= 0.6 is 22.9 Å². The molecular formula is C12H13ClN2OS. The molecule has 0 unspecified atom stereocenters. The highest BCUT2D eigenvalue weighted by molar-refractivity contribution is 7.19. The van der Waals surface area contributed by atoms with Gasteiger partial charge in [-0.3, -0.25) is 0 Å². The number of methoxy groups -OCH3 is 1. The molecule has 0 bridgehead atoms. The smallest absolute Gasteiger partial charge is 0.125 e. The maximum atomic E-state index is 6.12. The summed E-state index contributed by atoms with van der Waals surface area (Å²) >= 11 is 7.62. The average Bonchev–Trinajstić information content (AvgIpc) is 2.72. The summed E-state index contributed by atoms with van der Waals surface area (Å²) in [6.07, 6.45) is 0. The number of ether oxygens (including phenoxy) is 1. The van der Waals surface area contributed by atoms with Crippen molar-refractivity contribution in [1.82, 2.24) is 10.3 Å². The molecule has 0 aliphatic carbocycles. The first-order valence-electron chi connectivity index (χ1n) is 5.19. The van der Waals surface area contributed by atoms with E-state index in [1.807, 2.05) is 31.3 Å². The fourth-order valence-corrected chi connectivity index (χ4v) is 2.61.